The first-order valence-corrected chi connectivity index (χ1v) is 12.0. The number of ether oxygens (including phenoxy) is 5. The van der Waals surface area contributed by atoms with Gasteiger partial charge in [-0.1, -0.05) is 72.8 Å². The van der Waals surface area contributed by atoms with E-state index in [-0.39, 0.29) is 5.75 Å². The third-order valence-electron chi connectivity index (χ3n) is 5.34. The Hall–Kier alpha value is -5.23. The molecule has 188 valence electrons. The van der Waals surface area contributed by atoms with Gasteiger partial charge in [-0.05, 0) is 72.8 Å². The monoisotopic (exact) mass is 504 g/mol. The van der Waals surface area contributed by atoms with Gasteiger partial charge in [-0.2, -0.15) is 0 Å². The molecule has 5 aromatic rings. The Morgan fingerprint density at radius 3 is 1.08 bits per heavy atom. The standard InChI is InChI=1S/C32H24O6/c33-31(34-26-13-5-1-6-14-26)35-27-23-21-25(22-24-27)32(36-28-15-7-2-8-16-28,37-29-17-9-3-10-18-29)38-30-19-11-4-12-20-30/h1-24H. The molecule has 6 heteroatoms. The Morgan fingerprint density at radius 2 is 0.711 bits per heavy atom. The number of hydrogen-bond donors (Lipinski definition) is 0. The van der Waals surface area contributed by atoms with E-state index >= 15 is 0 Å². The van der Waals surface area contributed by atoms with Crippen molar-refractivity contribution in [2.45, 2.75) is 5.97 Å². The number of carbonyl (C=O) groups excluding carboxylic acids is 1. The van der Waals surface area contributed by atoms with Gasteiger partial charge in [0.25, 0.3) is 0 Å². The minimum Gasteiger partial charge on any atom is -0.417 e. The third-order valence-corrected chi connectivity index (χ3v) is 5.34. The van der Waals surface area contributed by atoms with E-state index in [1.54, 1.807) is 48.5 Å². The van der Waals surface area contributed by atoms with Crippen molar-refractivity contribution in [3.63, 3.8) is 0 Å². The molecule has 0 aromatic heterocycles. The maximum absolute atomic E-state index is 12.3. The quantitative estimate of drug-likeness (QED) is 0.117. The van der Waals surface area contributed by atoms with Crippen molar-refractivity contribution in [3.05, 3.63) is 151 Å². The average molecular weight is 505 g/mol. The maximum atomic E-state index is 12.3. The predicted octanol–water partition coefficient (Wildman–Crippen LogP) is 7.61. The summed E-state index contributed by atoms with van der Waals surface area (Å²) in [7, 11) is 0. The molecule has 5 aromatic carbocycles. The normalized spacial score (nSPS) is 10.7. The van der Waals surface area contributed by atoms with Crippen LogP contribution in [-0.4, -0.2) is 6.16 Å². The minimum atomic E-state index is -1.72. The van der Waals surface area contributed by atoms with Crippen molar-refractivity contribution < 1.29 is 28.5 Å². The number of hydrogen-bond acceptors (Lipinski definition) is 6. The van der Waals surface area contributed by atoms with Crippen molar-refractivity contribution in [2.75, 3.05) is 0 Å². The molecule has 0 aliphatic rings. The second kappa shape index (κ2) is 11.7. The van der Waals surface area contributed by atoms with E-state index in [9.17, 15) is 4.79 Å². The molecule has 0 aliphatic heterocycles. The van der Waals surface area contributed by atoms with Crippen LogP contribution in [0.3, 0.4) is 0 Å². The lowest BCUT2D eigenvalue weighted by molar-refractivity contribution is -0.263. The largest absolute Gasteiger partial charge is 0.519 e. The maximum Gasteiger partial charge on any atom is 0.519 e. The molecule has 0 aliphatic carbocycles. The van der Waals surface area contributed by atoms with Crippen LogP contribution in [0.2, 0.25) is 0 Å². The van der Waals surface area contributed by atoms with Crippen molar-refractivity contribution in [1.29, 1.82) is 0 Å². The van der Waals surface area contributed by atoms with Crippen molar-refractivity contribution in [2.24, 2.45) is 0 Å². The average Bonchev–Trinajstić information content (AvgIpc) is 2.95. The fraction of sp³-hybridized carbons (Fsp3) is 0.0312. The summed E-state index contributed by atoms with van der Waals surface area (Å²) in [6.45, 7) is 0. The van der Waals surface area contributed by atoms with Crippen LogP contribution >= 0.6 is 0 Å². The highest BCUT2D eigenvalue weighted by Crippen LogP contribution is 2.35. The Bertz CT molecular complexity index is 1320. The van der Waals surface area contributed by atoms with E-state index in [2.05, 4.69) is 0 Å². The smallest absolute Gasteiger partial charge is 0.417 e. The topological polar surface area (TPSA) is 63.2 Å². The Labute approximate surface area is 220 Å². The molecule has 6 nitrogen and oxygen atoms in total. The molecule has 0 bridgehead atoms. The van der Waals surface area contributed by atoms with Crippen molar-refractivity contribution in [3.8, 4) is 28.7 Å². The van der Waals surface area contributed by atoms with Gasteiger partial charge in [-0.25, -0.2) is 4.79 Å². The second-order valence-corrected chi connectivity index (χ2v) is 8.09. The van der Waals surface area contributed by atoms with Crippen LogP contribution in [0, 0.1) is 0 Å². The summed E-state index contributed by atoms with van der Waals surface area (Å²) >= 11 is 0. The van der Waals surface area contributed by atoms with E-state index in [0.717, 1.165) is 0 Å². The molecule has 0 saturated carbocycles. The summed E-state index contributed by atoms with van der Waals surface area (Å²) < 4.78 is 29.8. The molecule has 0 saturated heterocycles. The van der Waals surface area contributed by atoms with Crippen LogP contribution in [0.5, 0.6) is 28.7 Å². The molecule has 0 spiro atoms. The highest BCUT2D eigenvalue weighted by Gasteiger charge is 2.41. The highest BCUT2D eigenvalue weighted by atomic mass is 16.9. The van der Waals surface area contributed by atoms with Gasteiger partial charge in [0.1, 0.15) is 28.7 Å². The zero-order chi connectivity index (χ0) is 26.0. The van der Waals surface area contributed by atoms with Crippen LogP contribution in [0.15, 0.2) is 146 Å². The van der Waals surface area contributed by atoms with Gasteiger partial charge >= 0.3 is 12.1 Å². The zero-order valence-corrected chi connectivity index (χ0v) is 20.3. The van der Waals surface area contributed by atoms with Crippen LogP contribution in [0.4, 0.5) is 4.79 Å². The predicted molar refractivity (Wildman–Crippen MR) is 142 cm³/mol. The first-order valence-electron chi connectivity index (χ1n) is 12.0. The lowest BCUT2D eigenvalue weighted by Crippen LogP contribution is -2.45. The molecule has 0 atom stereocenters. The highest BCUT2D eigenvalue weighted by molar-refractivity contribution is 5.67. The van der Waals surface area contributed by atoms with E-state index < -0.39 is 12.1 Å². The molecule has 5 rings (SSSR count). The number of rotatable bonds is 9. The molecule has 38 heavy (non-hydrogen) atoms. The number of benzene rings is 5. The van der Waals surface area contributed by atoms with E-state index in [0.29, 0.717) is 28.6 Å². The summed E-state index contributed by atoms with van der Waals surface area (Å²) in [4.78, 5) is 12.3. The van der Waals surface area contributed by atoms with Gasteiger partial charge in [-0.3, -0.25) is 0 Å². The third kappa shape index (κ3) is 6.30. The molecule has 0 heterocycles. The van der Waals surface area contributed by atoms with E-state index in [4.69, 9.17) is 23.7 Å². The zero-order valence-electron chi connectivity index (χ0n) is 20.3. The molecular weight excluding hydrogens is 480 g/mol. The molecule has 0 N–H and O–H groups in total. The molecule has 0 amide bonds. The fourth-order valence-electron chi connectivity index (χ4n) is 3.60. The van der Waals surface area contributed by atoms with Gasteiger partial charge in [0.05, 0.1) is 5.56 Å². The molecule has 0 fully saturated rings. The van der Waals surface area contributed by atoms with Crippen LogP contribution in [-0.2, 0) is 5.97 Å². The number of carbonyl (C=O) groups is 1. The van der Waals surface area contributed by atoms with Gasteiger partial charge < -0.3 is 23.7 Å². The fourth-order valence-corrected chi connectivity index (χ4v) is 3.60. The van der Waals surface area contributed by atoms with Gasteiger partial charge in [0.2, 0.25) is 0 Å². The Balaban J connectivity index is 1.48. The molecule has 0 radical (unpaired) electrons. The number of para-hydroxylation sites is 4. The summed E-state index contributed by atoms with van der Waals surface area (Å²) in [5, 5.41) is 0. The molecule has 0 unspecified atom stereocenters. The summed E-state index contributed by atoms with van der Waals surface area (Å²) in [5.74, 6) is 0.552. The van der Waals surface area contributed by atoms with Gasteiger partial charge in [0, 0.05) is 0 Å². The van der Waals surface area contributed by atoms with E-state index in [1.807, 2.05) is 97.1 Å². The summed E-state index contributed by atoms with van der Waals surface area (Å²) in [6.07, 6.45) is -0.850. The van der Waals surface area contributed by atoms with E-state index in [1.165, 1.54) is 0 Å². The Morgan fingerprint density at radius 1 is 0.395 bits per heavy atom. The van der Waals surface area contributed by atoms with Crippen molar-refractivity contribution >= 4 is 6.16 Å². The van der Waals surface area contributed by atoms with Gasteiger partial charge in [0.15, 0.2) is 0 Å². The molecular formula is C32H24O6. The lowest BCUT2D eigenvalue weighted by Gasteiger charge is -2.34. The summed E-state index contributed by atoms with van der Waals surface area (Å²) in [5.41, 5.74) is 0.526. The van der Waals surface area contributed by atoms with Crippen molar-refractivity contribution in [1.82, 2.24) is 0 Å². The Kier molecular flexibility index (Phi) is 7.51. The second-order valence-electron chi connectivity index (χ2n) is 8.09. The van der Waals surface area contributed by atoms with Gasteiger partial charge in [-0.15, -0.1) is 0 Å². The van der Waals surface area contributed by atoms with Crippen LogP contribution in [0.1, 0.15) is 5.56 Å². The minimum absolute atomic E-state index is 0.280. The lowest BCUT2D eigenvalue weighted by atomic mass is 10.1. The summed E-state index contributed by atoms with van der Waals surface area (Å²) in [6, 6.07) is 43.1. The first kappa shape index (κ1) is 24.5. The van der Waals surface area contributed by atoms with Crippen LogP contribution < -0.4 is 23.7 Å². The van der Waals surface area contributed by atoms with Crippen LogP contribution in [0.25, 0.3) is 0 Å². The first-order chi connectivity index (χ1) is 18.7. The SMILES string of the molecule is O=C(Oc1ccccc1)Oc1ccc(C(Oc2ccccc2)(Oc2ccccc2)Oc2ccccc2)cc1.